The van der Waals surface area contributed by atoms with Crippen LogP contribution in [0.15, 0.2) is 41.5 Å². The summed E-state index contributed by atoms with van der Waals surface area (Å²) in [6.45, 7) is 7.16. The molecular weight excluding hydrogens is 328 g/mol. The van der Waals surface area contributed by atoms with E-state index in [0.29, 0.717) is 29.3 Å². The molecule has 136 valence electrons. The number of aromatic nitrogens is 4. The summed E-state index contributed by atoms with van der Waals surface area (Å²) in [5.41, 5.74) is 7.51. The van der Waals surface area contributed by atoms with E-state index in [4.69, 9.17) is 0 Å². The van der Waals surface area contributed by atoms with Crippen LogP contribution in [0.2, 0.25) is 0 Å². The zero-order valence-electron chi connectivity index (χ0n) is 15.3. The standard InChI is InChI=1S/C19H24N6O/c1-19(2,3)15-10-14(23-24-15)17-20-8-9-25(17)11-16-21-13-7-5-4-6-12(13)18(26)22-16/h4-9,14-15,23-24H,10-11H2,1-3H3,(H,21,22,26). The number of hydrazine groups is 1. The number of hydrogen-bond acceptors (Lipinski definition) is 5. The Bertz CT molecular complexity index is 983. The molecule has 1 fully saturated rings. The normalized spacial score (nSPS) is 20.7. The maximum atomic E-state index is 12.3. The van der Waals surface area contributed by atoms with Crippen LogP contribution in [0, 0.1) is 5.41 Å². The molecule has 0 saturated carbocycles. The highest BCUT2D eigenvalue weighted by atomic mass is 16.1. The Kier molecular flexibility index (Phi) is 4.13. The van der Waals surface area contributed by atoms with Crippen LogP contribution in [0.3, 0.4) is 0 Å². The van der Waals surface area contributed by atoms with E-state index in [1.165, 1.54) is 0 Å². The van der Waals surface area contributed by atoms with Gasteiger partial charge in [-0.2, -0.15) is 0 Å². The van der Waals surface area contributed by atoms with E-state index in [2.05, 4.69) is 46.6 Å². The predicted octanol–water partition coefficient (Wildman–Crippen LogP) is 2.12. The second-order valence-electron chi connectivity index (χ2n) is 7.94. The van der Waals surface area contributed by atoms with Crippen LogP contribution in [0.4, 0.5) is 0 Å². The third-order valence-electron chi connectivity index (χ3n) is 4.99. The van der Waals surface area contributed by atoms with E-state index in [1.807, 2.05) is 29.0 Å². The number of H-pyrrole nitrogens is 1. The molecule has 3 heterocycles. The van der Waals surface area contributed by atoms with Crippen LogP contribution < -0.4 is 16.4 Å². The fourth-order valence-electron chi connectivity index (χ4n) is 3.43. The summed E-state index contributed by atoms with van der Waals surface area (Å²) >= 11 is 0. The maximum Gasteiger partial charge on any atom is 0.258 e. The number of fused-ring (bicyclic) bond motifs is 1. The molecule has 26 heavy (non-hydrogen) atoms. The maximum absolute atomic E-state index is 12.3. The molecule has 2 aromatic heterocycles. The summed E-state index contributed by atoms with van der Waals surface area (Å²) in [4.78, 5) is 24.3. The van der Waals surface area contributed by atoms with Crippen LogP contribution in [-0.2, 0) is 6.54 Å². The van der Waals surface area contributed by atoms with Gasteiger partial charge in [0.2, 0.25) is 0 Å². The van der Waals surface area contributed by atoms with Gasteiger partial charge < -0.3 is 9.55 Å². The van der Waals surface area contributed by atoms with Gasteiger partial charge in [-0.25, -0.2) is 15.4 Å². The van der Waals surface area contributed by atoms with Gasteiger partial charge in [0.05, 0.1) is 23.5 Å². The van der Waals surface area contributed by atoms with E-state index in [9.17, 15) is 4.79 Å². The monoisotopic (exact) mass is 352 g/mol. The molecule has 7 nitrogen and oxygen atoms in total. The smallest absolute Gasteiger partial charge is 0.258 e. The molecule has 1 aliphatic heterocycles. The van der Waals surface area contributed by atoms with Gasteiger partial charge in [-0.05, 0) is 24.0 Å². The van der Waals surface area contributed by atoms with Gasteiger partial charge in [0.1, 0.15) is 11.6 Å². The first-order chi connectivity index (χ1) is 12.4. The van der Waals surface area contributed by atoms with E-state index in [-0.39, 0.29) is 17.0 Å². The Hall–Kier alpha value is -2.51. The van der Waals surface area contributed by atoms with Crippen LogP contribution >= 0.6 is 0 Å². The van der Waals surface area contributed by atoms with Crippen molar-refractivity contribution in [2.24, 2.45) is 5.41 Å². The number of benzene rings is 1. The van der Waals surface area contributed by atoms with Gasteiger partial charge in [0.25, 0.3) is 5.56 Å². The van der Waals surface area contributed by atoms with E-state index in [1.54, 1.807) is 12.3 Å². The molecule has 0 amide bonds. The van der Waals surface area contributed by atoms with Gasteiger partial charge in [-0.1, -0.05) is 32.9 Å². The van der Waals surface area contributed by atoms with Gasteiger partial charge in [-0.3, -0.25) is 10.2 Å². The number of rotatable bonds is 3. The molecule has 2 atom stereocenters. The average molecular weight is 352 g/mol. The van der Waals surface area contributed by atoms with Crippen molar-refractivity contribution < 1.29 is 0 Å². The zero-order valence-corrected chi connectivity index (χ0v) is 15.3. The molecule has 0 spiro atoms. The Morgan fingerprint density at radius 2 is 2.04 bits per heavy atom. The minimum absolute atomic E-state index is 0.110. The summed E-state index contributed by atoms with van der Waals surface area (Å²) < 4.78 is 2.04. The van der Waals surface area contributed by atoms with Crippen LogP contribution in [0.5, 0.6) is 0 Å². The van der Waals surface area contributed by atoms with Crippen molar-refractivity contribution in [3.05, 3.63) is 58.7 Å². The molecule has 4 rings (SSSR count). The number of nitrogens with one attached hydrogen (secondary N) is 3. The van der Waals surface area contributed by atoms with Crippen molar-refractivity contribution >= 4 is 10.9 Å². The lowest BCUT2D eigenvalue weighted by Crippen LogP contribution is -2.39. The summed E-state index contributed by atoms with van der Waals surface area (Å²) in [5, 5.41) is 0.608. The van der Waals surface area contributed by atoms with E-state index in [0.717, 1.165) is 12.2 Å². The summed E-state index contributed by atoms with van der Waals surface area (Å²) in [5.74, 6) is 1.58. The Balaban J connectivity index is 1.60. The van der Waals surface area contributed by atoms with Crippen molar-refractivity contribution in [2.75, 3.05) is 0 Å². The van der Waals surface area contributed by atoms with Crippen LogP contribution in [-0.4, -0.2) is 25.6 Å². The number of para-hydroxylation sites is 1. The lowest BCUT2D eigenvalue weighted by Gasteiger charge is -2.26. The Morgan fingerprint density at radius 3 is 2.81 bits per heavy atom. The SMILES string of the molecule is CC(C)(C)C1CC(c2nccn2Cc2nc3ccccc3c(=O)[nH]2)NN1. The van der Waals surface area contributed by atoms with Crippen molar-refractivity contribution in [3.8, 4) is 0 Å². The average Bonchev–Trinajstić information content (AvgIpc) is 3.23. The summed E-state index contributed by atoms with van der Waals surface area (Å²) in [7, 11) is 0. The molecule has 0 bridgehead atoms. The highest BCUT2D eigenvalue weighted by Gasteiger charge is 2.34. The molecule has 0 aliphatic carbocycles. The third-order valence-corrected chi connectivity index (χ3v) is 4.99. The molecule has 3 N–H and O–H groups in total. The lowest BCUT2D eigenvalue weighted by molar-refractivity contribution is 0.285. The number of hydrogen-bond donors (Lipinski definition) is 3. The number of imidazole rings is 1. The molecule has 7 heteroatoms. The second-order valence-corrected chi connectivity index (χ2v) is 7.94. The molecule has 0 radical (unpaired) electrons. The summed E-state index contributed by atoms with van der Waals surface area (Å²) in [6, 6.07) is 7.88. The molecule has 1 aliphatic rings. The Morgan fingerprint density at radius 1 is 1.23 bits per heavy atom. The summed E-state index contributed by atoms with van der Waals surface area (Å²) in [6.07, 6.45) is 4.68. The van der Waals surface area contributed by atoms with E-state index >= 15 is 0 Å². The first kappa shape index (κ1) is 16.9. The lowest BCUT2D eigenvalue weighted by atomic mass is 9.84. The fourth-order valence-corrected chi connectivity index (χ4v) is 3.43. The van der Waals surface area contributed by atoms with Crippen molar-refractivity contribution in [1.29, 1.82) is 0 Å². The van der Waals surface area contributed by atoms with E-state index < -0.39 is 0 Å². The third kappa shape index (κ3) is 3.15. The zero-order chi connectivity index (χ0) is 18.3. The first-order valence-corrected chi connectivity index (χ1v) is 8.92. The minimum atomic E-state index is -0.110. The molecular formula is C19H24N6O. The number of nitrogens with zero attached hydrogens (tertiary/aromatic N) is 3. The van der Waals surface area contributed by atoms with Gasteiger partial charge in [-0.15, -0.1) is 0 Å². The highest BCUT2D eigenvalue weighted by Crippen LogP contribution is 2.31. The van der Waals surface area contributed by atoms with Gasteiger partial charge >= 0.3 is 0 Å². The molecule has 3 aromatic rings. The van der Waals surface area contributed by atoms with Crippen LogP contribution in [0.25, 0.3) is 10.9 Å². The van der Waals surface area contributed by atoms with Crippen LogP contribution in [0.1, 0.15) is 44.9 Å². The second kappa shape index (κ2) is 6.34. The van der Waals surface area contributed by atoms with Crippen molar-refractivity contribution in [2.45, 2.75) is 45.8 Å². The van der Waals surface area contributed by atoms with Gasteiger partial charge in [0, 0.05) is 18.4 Å². The van der Waals surface area contributed by atoms with Gasteiger partial charge in [0.15, 0.2) is 0 Å². The minimum Gasteiger partial charge on any atom is -0.326 e. The fraction of sp³-hybridized carbons (Fsp3) is 0.421. The molecule has 2 unspecified atom stereocenters. The number of aromatic amines is 1. The van der Waals surface area contributed by atoms with Crippen molar-refractivity contribution in [1.82, 2.24) is 30.4 Å². The first-order valence-electron chi connectivity index (χ1n) is 8.92. The predicted molar refractivity (Wildman–Crippen MR) is 101 cm³/mol. The highest BCUT2D eigenvalue weighted by molar-refractivity contribution is 5.77. The Labute approximate surface area is 151 Å². The molecule has 1 aromatic carbocycles. The quantitative estimate of drug-likeness (QED) is 0.672. The van der Waals surface area contributed by atoms with Crippen molar-refractivity contribution in [3.63, 3.8) is 0 Å². The molecule has 1 saturated heterocycles. The largest absolute Gasteiger partial charge is 0.326 e. The topological polar surface area (TPSA) is 87.6 Å².